The van der Waals surface area contributed by atoms with Gasteiger partial charge in [-0.1, -0.05) is 24.3 Å². The van der Waals surface area contributed by atoms with Crippen LogP contribution in [0.5, 0.6) is 0 Å². The molecule has 43 heavy (non-hydrogen) atoms. The Morgan fingerprint density at radius 1 is 1.07 bits per heavy atom. The molecule has 3 N–H and O–H groups in total. The van der Waals surface area contributed by atoms with E-state index in [1.165, 1.54) is 6.08 Å². The molecule has 1 fully saturated rings. The van der Waals surface area contributed by atoms with E-state index in [2.05, 4.69) is 20.5 Å². The summed E-state index contributed by atoms with van der Waals surface area (Å²) in [5.74, 6) is -0.996. The first-order valence-electron chi connectivity index (χ1n) is 14.4. The van der Waals surface area contributed by atoms with Crippen LogP contribution in [-0.4, -0.2) is 50.3 Å². The molecule has 0 radical (unpaired) electrons. The Bertz CT molecular complexity index is 1620. The molecule has 0 unspecified atom stereocenters. The van der Waals surface area contributed by atoms with Crippen LogP contribution in [0.25, 0.3) is 17.0 Å². The normalized spacial score (nSPS) is 16.8. The highest BCUT2D eigenvalue weighted by Gasteiger charge is 2.30. The van der Waals surface area contributed by atoms with E-state index >= 15 is 0 Å². The number of hydrogen-bond acceptors (Lipinski definition) is 7. The second-order valence-corrected chi connectivity index (χ2v) is 11.0. The number of anilines is 2. The number of fused-ring (bicyclic) bond motifs is 1. The maximum absolute atomic E-state index is 13.8. The van der Waals surface area contributed by atoms with Crippen LogP contribution in [0.1, 0.15) is 61.0 Å². The van der Waals surface area contributed by atoms with E-state index < -0.39 is 5.97 Å². The third kappa shape index (κ3) is 7.52. The summed E-state index contributed by atoms with van der Waals surface area (Å²) in [6, 6.07) is 14.5. The van der Waals surface area contributed by atoms with Crippen molar-refractivity contribution in [2.45, 2.75) is 58.3 Å². The molecule has 0 saturated heterocycles. The molecule has 222 valence electrons. The number of aliphatic hydroxyl groups excluding tert-OH is 1. The molecule has 1 saturated carbocycles. The fourth-order valence-corrected chi connectivity index (χ4v) is 5.17. The van der Waals surface area contributed by atoms with E-state index in [0.717, 1.165) is 16.5 Å². The van der Waals surface area contributed by atoms with Gasteiger partial charge < -0.3 is 20.1 Å². The summed E-state index contributed by atoms with van der Waals surface area (Å²) >= 11 is 0. The molecule has 0 atom stereocenters. The molecule has 0 spiro atoms. The Morgan fingerprint density at radius 3 is 2.58 bits per heavy atom. The Labute approximate surface area is 249 Å². The lowest BCUT2D eigenvalue weighted by Crippen LogP contribution is -2.38. The summed E-state index contributed by atoms with van der Waals surface area (Å²) in [4.78, 5) is 44.8. The van der Waals surface area contributed by atoms with Crippen molar-refractivity contribution in [3.8, 4) is 0 Å². The van der Waals surface area contributed by atoms with Gasteiger partial charge in [-0.3, -0.25) is 19.7 Å². The number of carbonyl (C=O) groups is 3. The van der Waals surface area contributed by atoms with Crippen LogP contribution in [0.2, 0.25) is 0 Å². The highest BCUT2D eigenvalue weighted by Crippen LogP contribution is 2.29. The summed E-state index contributed by atoms with van der Waals surface area (Å²) in [5, 5.41) is 20.8. The van der Waals surface area contributed by atoms with E-state index in [9.17, 15) is 19.5 Å². The monoisotopic (exact) mass is 581 g/mol. The minimum atomic E-state index is -0.459. The van der Waals surface area contributed by atoms with Gasteiger partial charge in [-0.05, 0) is 81.0 Å². The highest BCUT2D eigenvalue weighted by atomic mass is 16.5. The molecular weight excluding hydrogens is 546 g/mol. The fraction of sp³-hybridized carbons (Fsp3) is 0.303. The number of aliphatic hydroxyl groups is 1. The molecule has 1 aliphatic carbocycles. The van der Waals surface area contributed by atoms with Gasteiger partial charge in [-0.25, -0.2) is 4.79 Å². The summed E-state index contributed by atoms with van der Waals surface area (Å²) in [5.41, 5.74) is 3.93. The number of benzene rings is 2. The van der Waals surface area contributed by atoms with Crippen LogP contribution in [0.4, 0.5) is 11.4 Å². The van der Waals surface area contributed by atoms with Gasteiger partial charge >= 0.3 is 5.97 Å². The van der Waals surface area contributed by atoms with Crippen molar-refractivity contribution < 1.29 is 24.2 Å². The molecule has 0 aliphatic heterocycles. The predicted octanol–water partition coefficient (Wildman–Crippen LogP) is 5.26. The first-order valence-corrected chi connectivity index (χ1v) is 14.4. The third-order valence-corrected chi connectivity index (χ3v) is 7.41. The number of aromatic nitrogens is 3. The van der Waals surface area contributed by atoms with Crippen LogP contribution in [-0.2, 0) is 20.9 Å². The second-order valence-electron chi connectivity index (χ2n) is 11.0. The van der Waals surface area contributed by atoms with Gasteiger partial charge in [0.05, 0.1) is 48.0 Å². The zero-order chi connectivity index (χ0) is 30.3. The Balaban J connectivity index is 1.35. The number of nitrogens with zero attached hydrogens (tertiary/aromatic N) is 3. The largest absolute Gasteiger partial charge is 0.460 e. The van der Waals surface area contributed by atoms with E-state index in [-0.39, 0.29) is 36.5 Å². The number of esters is 1. The number of rotatable bonds is 9. The van der Waals surface area contributed by atoms with Gasteiger partial charge in [0.2, 0.25) is 5.91 Å². The van der Waals surface area contributed by atoms with Crippen molar-refractivity contribution in [1.29, 1.82) is 0 Å². The maximum Gasteiger partial charge on any atom is 0.331 e. The Hall–Kier alpha value is -4.83. The molecular formula is C33H35N5O5. The number of nitrogens with one attached hydrogen (secondary N) is 2. The molecule has 2 amide bonds. The second kappa shape index (κ2) is 13.4. The zero-order valence-corrected chi connectivity index (χ0v) is 24.2. The number of aromatic amines is 1. The Morgan fingerprint density at radius 2 is 1.84 bits per heavy atom. The molecule has 2 aromatic carbocycles. The topological polar surface area (TPSA) is 138 Å². The van der Waals surface area contributed by atoms with Crippen LogP contribution in [0, 0.1) is 5.92 Å². The summed E-state index contributed by atoms with van der Waals surface area (Å²) in [6.07, 6.45) is 9.65. The van der Waals surface area contributed by atoms with Gasteiger partial charge in [0.25, 0.3) is 5.91 Å². The number of carbonyl (C=O) groups excluding carboxylic acids is 3. The van der Waals surface area contributed by atoms with Crippen LogP contribution < -0.4 is 10.2 Å². The van der Waals surface area contributed by atoms with E-state index in [0.29, 0.717) is 48.2 Å². The van der Waals surface area contributed by atoms with Gasteiger partial charge in [0.15, 0.2) is 0 Å². The van der Waals surface area contributed by atoms with Crippen molar-refractivity contribution in [1.82, 2.24) is 15.2 Å². The minimum absolute atomic E-state index is 0.0523. The Kier molecular flexibility index (Phi) is 9.26. The molecule has 4 aromatic rings. The number of pyridine rings is 1. The van der Waals surface area contributed by atoms with Crippen LogP contribution in [0.15, 0.2) is 73.2 Å². The van der Waals surface area contributed by atoms with E-state index in [4.69, 9.17) is 4.74 Å². The number of amides is 2. The first kappa shape index (κ1) is 29.7. The van der Waals surface area contributed by atoms with Crippen molar-refractivity contribution in [3.63, 3.8) is 0 Å². The molecule has 10 heteroatoms. The van der Waals surface area contributed by atoms with Gasteiger partial charge in [-0.15, -0.1) is 0 Å². The summed E-state index contributed by atoms with van der Waals surface area (Å²) < 4.78 is 5.17. The van der Waals surface area contributed by atoms with Crippen LogP contribution in [0.3, 0.4) is 0 Å². The summed E-state index contributed by atoms with van der Waals surface area (Å²) in [7, 11) is 0. The number of para-hydroxylation sites is 1. The molecule has 2 heterocycles. The van der Waals surface area contributed by atoms with Crippen molar-refractivity contribution in [2.24, 2.45) is 5.92 Å². The zero-order valence-electron chi connectivity index (χ0n) is 24.2. The van der Waals surface area contributed by atoms with Crippen molar-refractivity contribution in [2.75, 3.05) is 10.2 Å². The third-order valence-electron chi connectivity index (χ3n) is 7.41. The SMILES string of the molecule is CC(C)OC(=O)/C=C/c1cncc(N(Cc2ccc(C(=O)Nc3cccc4cn[nH]c34)cc2)C(=O)C2CCC(O)CC2)c1. The molecule has 2 aromatic heterocycles. The number of ether oxygens (including phenoxy) is 1. The number of hydrogen-bond donors (Lipinski definition) is 3. The van der Waals surface area contributed by atoms with Gasteiger partial charge in [-0.2, -0.15) is 5.10 Å². The lowest BCUT2D eigenvalue weighted by molar-refractivity contribution is -0.141. The average molecular weight is 582 g/mol. The van der Waals surface area contributed by atoms with Crippen molar-refractivity contribution >= 4 is 46.1 Å². The molecule has 10 nitrogen and oxygen atoms in total. The molecule has 0 bridgehead atoms. The van der Waals surface area contributed by atoms with Gasteiger partial charge in [0.1, 0.15) is 0 Å². The minimum Gasteiger partial charge on any atom is -0.460 e. The lowest BCUT2D eigenvalue weighted by atomic mass is 9.86. The lowest BCUT2D eigenvalue weighted by Gasteiger charge is -2.31. The standard InChI is InChI=1S/C33H35N5O5/c1-21(2)43-30(40)15-8-23-16-27(19-34-17-23)38(33(42)25-11-13-28(39)14-12-25)20-22-6-9-24(10-7-22)32(41)36-29-5-3-4-26-18-35-37-31(26)29/h3-10,15-19,21,25,28,39H,11-14,20H2,1-2H3,(H,35,37)(H,36,41)/b15-8+. The molecule has 5 rings (SSSR count). The molecule has 1 aliphatic rings. The number of H-pyrrole nitrogens is 1. The predicted molar refractivity (Wildman–Crippen MR) is 164 cm³/mol. The van der Waals surface area contributed by atoms with E-state index in [1.807, 2.05) is 30.3 Å². The van der Waals surface area contributed by atoms with Crippen molar-refractivity contribution in [3.05, 3.63) is 89.9 Å². The maximum atomic E-state index is 13.8. The summed E-state index contributed by atoms with van der Waals surface area (Å²) in [6.45, 7) is 3.82. The quantitative estimate of drug-likeness (QED) is 0.181. The first-order chi connectivity index (χ1) is 20.8. The van der Waals surface area contributed by atoms with Gasteiger partial charge in [0, 0.05) is 29.1 Å². The van der Waals surface area contributed by atoms with Crippen LogP contribution >= 0.6 is 0 Å². The van der Waals surface area contributed by atoms with E-state index in [1.54, 1.807) is 61.6 Å². The average Bonchev–Trinajstić information content (AvgIpc) is 3.49. The fourth-order valence-electron chi connectivity index (χ4n) is 5.17. The smallest absolute Gasteiger partial charge is 0.331 e. The highest BCUT2D eigenvalue weighted by molar-refractivity contribution is 6.08.